The highest BCUT2D eigenvalue weighted by Gasteiger charge is 2.06. The van der Waals surface area contributed by atoms with Gasteiger partial charge in [0.15, 0.2) is 0 Å². The van der Waals surface area contributed by atoms with E-state index < -0.39 is 0 Å². The van der Waals surface area contributed by atoms with Gasteiger partial charge in [0.2, 0.25) is 0 Å². The predicted octanol–water partition coefficient (Wildman–Crippen LogP) is 4.00. The summed E-state index contributed by atoms with van der Waals surface area (Å²) in [7, 11) is 0. The molecule has 0 aliphatic rings. The van der Waals surface area contributed by atoms with Crippen LogP contribution < -0.4 is 10.1 Å². The van der Waals surface area contributed by atoms with Crippen molar-refractivity contribution in [2.24, 2.45) is 0 Å². The Morgan fingerprint density at radius 1 is 1.05 bits per heavy atom. The summed E-state index contributed by atoms with van der Waals surface area (Å²) in [6, 6.07) is 15.2. The van der Waals surface area contributed by atoms with E-state index in [1.54, 1.807) is 0 Å². The van der Waals surface area contributed by atoms with Crippen molar-refractivity contribution in [3.05, 3.63) is 42.5 Å². The van der Waals surface area contributed by atoms with E-state index >= 15 is 0 Å². The average Bonchev–Trinajstić information content (AvgIpc) is 2.44. The molecule has 0 saturated heterocycles. The number of fused-ring (bicyclic) bond motifs is 1. The van der Waals surface area contributed by atoms with E-state index in [1.807, 2.05) is 6.07 Å². The Morgan fingerprint density at radius 2 is 1.79 bits per heavy atom. The highest BCUT2D eigenvalue weighted by molar-refractivity contribution is 5.83. The maximum atomic E-state index is 5.95. The molecule has 2 aromatic rings. The first kappa shape index (κ1) is 13.9. The topological polar surface area (TPSA) is 21.3 Å². The smallest absolute Gasteiger partial charge is 0.120 e. The van der Waals surface area contributed by atoms with Gasteiger partial charge in [-0.25, -0.2) is 0 Å². The van der Waals surface area contributed by atoms with E-state index in [-0.39, 0.29) is 6.10 Å². The third-order valence-electron chi connectivity index (χ3n) is 3.42. The average molecular weight is 257 g/mol. The molecule has 2 heteroatoms. The lowest BCUT2D eigenvalue weighted by molar-refractivity contribution is 0.212. The Bertz CT molecular complexity index is 523. The fourth-order valence-corrected chi connectivity index (χ4v) is 2.03. The molecule has 0 aliphatic heterocycles. The van der Waals surface area contributed by atoms with Crippen molar-refractivity contribution >= 4 is 10.8 Å². The Labute approximate surface area is 115 Å². The number of hydrogen-bond donors (Lipinski definition) is 1. The lowest BCUT2D eigenvalue weighted by atomic mass is 10.1. The maximum absolute atomic E-state index is 5.95. The molecule has 0 radical (unpaired) electrons. The quantitative estimate of drug-likeness (QED) is 0.844. The van der Waals surface area contributed by atoms with Crippen LogP contribution in [0.5, 0.6) is 5.75 Å². The van der Waals surface area contributed by atoms with Crippen LogP contribution in [0, 0.1) is 0 Å². The summed E-state index contributed by atoms with van der Waals surface area (Å²) in [4.78, 5) is 0. The summed E-state index contributed by atoms with van der Waals surface area (Å²) < 4.78 is 5.95. The van der Waals surface area contributed by atoms with Crippen molar-refractivity contribution in [3.63, 3.8) is 0 Å². The second-order valence-electron chi connectivity index (χ2n) is 5.15. The fraction of sp³-hybridized carbons (Fsp3) is 0.412. The normalized spacial score (nSPS) is 14.3. The molecule has 2 atom stereocenters. The van der Waals surface area contributed by atoms with Crippen molar-refractivity contribution in [1.29, 1.82) is 0 Å². The summed E-state index contributed by atoms with van der Waals surface area (Å²) in [5.74, 6) is 0.942. The van der Waals surface area contributed by atoms with Gasteiger partial charge >= 0.3 is 0 Å². The third-order valence-corrected chi connectivity index (χ3v) is 3.42. The molecule has 2 aromatic carbocycles. The molecule has 0 aliphatic carbocycles. The molecular formula is C17H23NO. The molecule has 1 N–H and O–H groups in total. The van der Waals surface area contributed by atoms with Crippen LogP contribution in [-0.4, -0.2) is 18.7 Å². The van der Waals surface area contributed by atoms with Crippen molar-refractivity contribution in [2.75, 3.05) is 6.54 Å². The Morgan fingerprint density at radius 3 is 2.53 bits per heavy atom. The molecule has 0 fully saturated rings. The van der Waals surface area contributed by atoms with Crippen LogP contribution in [0.2, 0.25) is 0 Å². The maximum Gasteiger partial charge on any atom is 0.120 e. The molecule has 0 heterocycles. The second kappa shape index (κ2) is 6.58. The molecule has 2 nitrogen and oxygen atoms in total. The Hall–Kier alpha value is -1.54. The van der Waals surface area contributed by atoms with Crippen LogP contribution >= 0.6 is 0 Å². The predicted molar refractivity (Wildman–Crippen MR) is 81.8 cm³/mol. The molecular weight excluding hydrogens is 234 g/mol. The SMILES string of the molecule is CCC(C)NCC(C)Oc1ccc2ccccc2c1. The highest BCUT2D eigenvalue weighted by atomic mass is 16.5. The molecule has 2 unspecified atom stereocenters. The Kier molecular flexibility index (Phi) is 4.80. The van der Waals surface area contributed by atoms with Crippen molar-refractivity contribution in [2.45, 2.75) is 39.3 Å². The van der Waals surface area contributed by atoms with Gasteiger partial charge < -0.3 is 10.1 Å². The molecule has 0 bridgehead atoms. The largest absolute Gasteiger partial charge is 0.489 e. The van der Waals surface area contributed by atoms with Crippen molar-refractivity contribution < 1.29 is 4.74 Å². The van der Waals surface area contributed by atoms with E-state index in [2.05, 4.69) is 62.5 Å². The van der Waals surface area contributed by atoms with Gasteiger partial charge in [-0.1, -0.05) is 37.3 Å². The van der Waals surface area contributed by atoms with Gasteiger partial charge in [-0.2, -0.15) is 0 Å². The number of rotatable bonds is 6. The van der Waals surface area contributed by atoms with Gasteiger partial charge in [0.25, 0.3) is 0 Å². The number of benzene rings is 2. The summed E-state index contributed by atoms with van der Waals surface area (Å²) >= 11 is 0. The summed E-state index contributed by atoms with van der Waals surface area (Å²) in [5, 5.41) is 5.94. The number of nitrogens with one attached hydrogen (secondary N) is 1. The van der Waals surface area contributed by atoms with Crippen LogP contribution in [-0.2, 0) is 0 Å². The van der Waals surface area contributed by atoms with Crippen LogP contribution in [0.25, 0.3) is 10.8 Å². The van der Waals surface area contributed by atoms with Crippen molar-refractivity contribution in [1.82, 2.24) is 5.32 Å². The number of ether oxygens (including phenoxy) is 1. The zero-order valence-corrected chi connectivity index (χ0v) is 12.0. The summed E-state index contributed by atoms with van der Waals surface area (Å²) in [6.45, 7) is 7.36. The molecule has 0 saturated carbocycles. The van der Waals surface area contributed by atoms with Gasteiger partial charge in [-0.3, -0.25) is 0 Å². The first-order valence-electron chi connectivity index (χ1n) is 7.08. The lowest BCUT2D eigenvalue weighted by Gasteiger charge is -2.18. The van der Waals surface area contributed by atoms with E-state index in [0.717, 1.165) is 18.7 Å². The standard InChI is InChI=1S/C17H23NO/c1-4-13(2)18-12-14(3)19-17-10-9-15-7-5-6-8-16(15)11-17/h5-11,13-14,18H,4,12H2,1-3H3. The van der Waals surface area contributed by atoms with Gasteiger partial charge in [-0.05, 0) is 43.2 Å². The number of hydrogen-bond acceptors (Lipinski definition) is 2. The van der Waals surface area contributed by atoms with E-state index in [1.165, 1.54) is 10.8 Å². The van der Waals surface area contributed by atoms with Crippen LogP contribution in [0.15, 0.2) is 42.5 Å². The Balaban J connectivity index is 1.96. The molecule has 0 spiro atoms. The summed E-state index contributed by atoms with van der Waals surface area (Å²) in [6.07, 6.45) is 1.32. The van der Waals surface area contributed by atoms with Crippen LogP contribution in [0.3, 0.4) is 0 Å². The summed E-state index contributed by atoms with van der Waals surface area (Å²) in [5.41, 5.74) is 0. The van der Waals surface area contributed by atoms with Crippen LogP contribution in [0.1, 0.15) is 27.2 Å². The monoisotopic (exact) mass is 257 g/mol. The van der Waals surface area contributed by atoms with Gasteiger partial charge in [-0.15, -0.1) is 0 Å². The molecule has 0 amide bonds. The highest BCUT2D eigenvalue weighted by Crippen LogP contribution is 2.21. The van der Waals surface area contributed by atoms with Gasteiger partial charge in [0, 0.05) is 12.6 Å². The minimum atomic E-state index is 0.176. The third kappa shape index (κ3) is 3.97. The molecule has 19 heavy (non-hydrogen) atoms. The minimum absolute atomic E-state index is 0.176. The molecule has 2 rings (SSSR count). The van der Waals surface area contributed by atoms with E-state index in [4.69, 9.17) is 4.74 Å². The van der Waals surface area contributed by atoms with Crippen molar-refractivity contribution in [3.8, 4) is 5.75 Å². The first-order chi connectivity index (χ1) is 9.19. The molecule has 102 valence electrons. The minimum Gasteiger partial charge on any atom is -0.489 e. The van der Waals surface area contributed by atoms with Gasteiger partial charge in [0.1, 0.15) is 11.9 Å². The van der Waals surface area contributed by atoms with E-state index in [0.29, 0.717) is 6.04 Å². The van der Waals surface area contributed by atoms with E-state index in [9.17, 15) is 0 Å². The molecule has 0 aromatic heterocycles. The van der Waals surface area contributed by atoms with Crippen LogP contribution in [0.4, 0.5) is 0 Å². The second-order valence-corrected chi connectivity index (χ2v) is 5.15. The lowest BCUT2D eigenvalue weighted by Crippen LogP contribution is -2.34. The zero-order valence-electron chi connectivity index (χ0n) is 12.0. The fourth-order valence-electron chi connectivity index (χ4n) is 2.03. The first-order valence-corrected chi connectivity index (χ1v) is 7.08. The zero-order chi connectivity index (χ0) is 13.7. The van der Waals surface area contributed by atoms with Gasteiger partial charge in [0.05, 0.1) is 0 Å².